The van der Waals surface area contributed by atoms with Crippen molar-refractivity contribution >= 4 is 16.9 Å². The molecular weight excluding hydrogens is 278 g/mol. The van der Waals surface area contributed by atoms with E-state index in [2.05, 4.69) is 4.98 Å². The largest absolute Gasteiger partial charge is 0.479 e. The Morgan fingerprint density at radius 3 is 2.64 bits per heavy atom. The molecule has 0 amide bonds. The first-order chi connectivity index (χ1) is 10.6. The van der Waals surface area contributed by atoms with Gasteiger partial charge in [0.1, 0.15) is 5.75 Å². The SMILES string of the molecule is CC(Oc1ccc2c(-c3ccccc3)ccnc2c1)C(=O)O. The van der Waals surface area contributed by atoms with Crippen LogP contribution in [-0.4, -0.2) is 22.2 Å². The number of aliphatic carboxylic acids is 1. The molecule has 22 heavy (non-hydrogen) atoms. The smallest absolute Gasteiger partial charge is 0.344 e. The van der Waals surface area contributed by atoms with Crippen LogP contribution in [0.2, 0.25) is 0 Å². The van der Waals surface area contributed by atoms with E-state index in [0.717, 1.165) is 22.0 Å². The molecule has 0 bridgehead atoms. The lowest BCUT2D eigenvalue weighted by atomic mass is 10.0. The predicted molar refractivity (Wildman–Crippen MR) is 84.9 cm³/mol. The molecule has 0 radical (unpaired) electrons. The van der Waals surface area contributed by atoms with Crippen LogP contribution in [0.3, 0.4) is 0 Å². The number of hydrogen-bond donors (Lipinski definition) is 1. The average Bonchev–Trinajstić information content (AvgIpc) is 2.54. The number of hydrogen-bond acceptors (Lipinski definition) is 3. The van der Waals surface area contributed by atoms with Crippen molar-refractivity contribution in [2.45, 2.75) is 13.0 Å². The fourth-order valence-electron chi connectivity index (χ4n) is 2.33. The second-order valence-electron chi connectivity index (χ2n) is 5.00. The fraction of sp³-hybridized carbons (Fsp3) is 0.111. The predicted octanol–water partition coefficient (Wildman–Crippen LogP) is 3.75. The lowest BCUT2D eigenvalue weighted by molar-refractivity contribution is -0.144. The van der Waals surface area contributed by atoms with Crippen LogP contribution in [0.25, 0.3) is 22.0 Å². The summed E-state index contributed by atoms with van der Waals surface area (Å²) in [6.45, 7) is 1.50. The van der Waals surface area contributed by atoms with Crippen molar-refractivity contribution in [3.63, 3.8) is 0 Å². The summed E-state index contributed by atoms with van der Waals surface area (Å²) in [5.74, 6) is -0.494. The lowest BCUT2D eigenvalue weighted by Gasteiger charge is -2.12. The molecule has 0 aliphatic rings. The number of nitrogens with zero attached hydrogens (tertiary/aromatic N) is 1. The van der Waals surface area contributed by atoms with Gasteiger partial charge in [0, 0.05) is 17.6 Å². The van der Waals surface area contributed by atoms with Crippen molar-refractivity contribution < 1.29 is 14.6 Å². The molecule has 0 saturated heterocycles. The topological polar surface area (TPSA) is 59.4 Å². The first kappa shape index (κ1) is 14.1. The second kappa shape index (κ2) is 5.85. The van der Waals surface area contributed by atoms with Crippen LogP contribution < -0.4 is 4.74 Å². The van der Waals surface area contributed by atoms with E-state index < -0.39 is 12.1 Å². The van der Waals surface area contributed by atoms with Gasteiger partial charge in [0.2, 0.25) is 0 Å². The van der Waals surface area contributed by atoms with Crippen LogP contribution in [0, 0.1) is 0 Å². The van der Waals surface area contributed by atoms with Gasteiger partial charge in [-0.25, -0.2) is 4.79 Å². The second-order valence-corrected chi connectivity index (χ2v) is 5.00. The monoisotopic (exact) mass is 293 g/mol. The normalized spacial score (nSPS) is 12.0. The Balaban J connectivity index is 2.03. The summed E-state index contributed by atoms with van der Waals surface area (Å²) in [4.78, 5) is 15.2. The van der Waals surface area contributed by atoms with E-state index in [-0.39, 0.29) is 0 Å². The maximum Gasteiger partial charge on any atom is 0.344 e. The first-order valence-electron chi connectivity index (χ1n) is 6.99. The van der Waals surface area contributed by atoms with Gasteiger partial charge in [-0.05, 0) is 36.2 Å². The Kier molecular flexibility index (Phi) is 3.74. The van der Waals surface area contributed by atoms with Crippen molar-refractivity contribution in [3.8, 4) is 16.9 Å². The van der Waals surface area contributed by atoms with Crippen LogP contribution in [0.5, 0.6) is 5.75 Å². The number of carboxylic acids is 1. The van der Waals surface area contributed by atoms with E-state index in [0.29, 0.717) is 5.75 Å². The molecule has 1 atom stereocenters. The van der Waals surface area contributed by atoms with Gasteiger partial charge < -0.3 is 9.84 Å². The molecule has 0 spiro atoms. The summed E-state index contributed by atoms with van der Waals surface area (Å²) in [6, 6.07) is 17.5. The van der Waals surface area contributed by atoms with Crippen LogP contribution >= 0.6 is 0 Å². The summed E-state index contributed by atoms with van der Waals surface area (Å²) in [5.41, 5.74) is 2.97. The van der Waals surface area contributed by atoms with Crippen molar-refractivity contribution in [2.75, 3.05) is 0 Å². The third-order valence-corrected chi connectivity index (χ3v) is 3.46. The van der Waals surface area contributed by atoms with Gasteiger partial charge >= 0.3 is 5.97 Å². The van der Waals surface area contributed by atoms with Gasteiger partial charge in [-0.2, -0.15) is 0 Å². The number of aromatic nitrogens is 1. The molecule has 4 nitrogen and oxygen atoms in total. The fourth-order valence-corrected chi connectivity index (χ4v) is 2.33. The molecule has 3 rings (SSSR count). The number of benzene rings is 2. The molecular formula is C18H15NO3. The Morgan fingerprint density at radius 2 is 1.91 bits per heavy atom. The zero-order valence-electron chi connectivity index (χ0n) is 12.1. The quantitative estimate of drug-likeness (QED) is 0.795. The number of pyridine rings is 1. The summed E-state index contributed by atoms with van der Waals surface area (Å²) in [6.07, 6.45) is 0.851. The number of rotatable bonds is 4. The third kappa shape index (κ3) is 2.76. The number of carbonyl (C=O) groups is 1. The molecule has 0 aliphatic heterocycles. The minimum absolute atomic E-state index is 0.500. The molecule has 4 heteroatoms. The van der Waals surface area contributed by atoms with Crippen molar-refractivity contribution in [1.82, 2.24) is 4.98 Å². The molecule has 3 aromatic rings. The van der Waals surface area contributed by atoms with Gasteiger partial charge in [-0.15, -0.1) is 0 Å². The summed E-state index contributed by atoms with van der Waals surface area (Å²) in [7, 11) is 0. The zero-order chi connectivity index (χ0) is 15.5. The number of ether oxygens (including phenoxy) is 1. The molecule has 0 saturated carbocycles. The van der Waals surface area contributed by atoms with E-state index >= 15 is 0 Å². The maximum atomic E-state index is 10.9. The lowest BCUT2D eigenvalue weighted by Crippen LogP contribution is -2.22. The summed E-state index contributed by atoms with van der Waals surface area (Å²) < 4.78 is 5.39. The Morgan fingerprint density at radius 1 is 1.14 bits per heavy atom. The molecule has 2 aromatic carbocycles. The minimum Gasteiger partial charge on any atom is -0.479 e. The highest BCUT2D eigenvalue weighted by Gasteiger charge is 2.13. The Bertz CT molecular complexity index is 815. The van der Waals surface area contributed by atoms with Gasteiger partial charge in [-0.3, -0.25) is 4.98 Å². The van der Waals surface area contributed by atoms with E-state index in [9.17, 15) is 4.79 Å². The highest BCUT2D eigenvalue weighted by Crippen LogP contribution is 2.29. The van der Waals surface area contributed by atoms with Crippen LogP contribution in [0.1, 0.15) is 6.92 Å². The molecule has 1 N–H and O–H groups in total. The Hall–Kier alpha value is -2.88. The van der Waals surface area contributed by atoms with Crippen molar-refractivity contribution in [3.05, 3.63) is 60.8 Å². The zero-order valence-corrected chi connectivity index (χ0v) is 12.1. The third-order valence-electron chi connectivity index (χ3n) is 3.46. The average molecular weight is 293 g/mol. The highest BCUT2D eigenvalue weighted by molar-refractivity contribution is 5.94. The standard InChI is InChI=1S/C18H15NO3/c1-12(18(20)21)22-14-7-8-16-15(9-10-19-17(16)11-14)13-5-3-2-4-6-13/h2-12H,1H3,(H,20,21). The molecule has 0 aliphatic carbocycles. The maximum absolute atomic E-state index is 10.9. The van der Waals surface area contributed by atoms with Gasteiger partial charge in [-0.1, -0.05) is 30.3 Å². The minimum atomic E-state index is -0.994. The van der Waals surface area contributed by atoms with E-state index in [4.69, 9.17) is 9.84 Å². The van der Waals surface area contributed by atoms with Gasteiger partial charge in [0.05, 0.1) is 5.52 Å². The van der Waals surface area contributed by atoms with E-state index in [1.165, 1.54) is 6.92 Å². The summed E-state index contributed by atoms with van der Waals surface area (Å²) >= 11 is 0. The van der Waals surface area contributed by atoms with Gasteiger partial charge in [0.25, 0.3) is 0 Å². The Labute approximate surface area is 128 Å². The molecule has 1 aromatic heterocycles. The molecule has 1 unspecified atom stereocenters. The summed E-state index contributed by atoms with van der Waals surface area (Å²) in [5, 5.41) is 9.91. The van der Waals surface area contributed by atoms with E-state index in [1.54, 1.807) is 18.3 Å². The molecule has 110 valence electrons. The number of carboxylic acid groups (broad SMARTS) is 1. The van der Waals surface area contributed by atoms with Crippen LogP contribution in [0.4, 0.5) is 0 Å². The number of fused-ring (bicyclic) bond motifs is 1. The van der Waals surface area contributed by atoms with Crippen molar-refractivity contribution in [2.24, 2.45) is 0 Å². The first-order valence-corrected chi connectivity index (χ1v) is 6.99. The van der Waals surface area contributed by atoms with Crippen LogP contribution in [0.15, 0.2) is 60.8 Å². The van der Waals surface area contributed by atoms with Crippen molar-refractivity contribution in [1.29, 1.82) is 0 Å². The van der Waals surface area contributed by atoms with E-state index in [1.807, 2.05) is 42.5 Å². The molecule has 1 heterocycles. The van der Waals surface area contributed by atoms with Crippen LogP contribution in [-0.2, 0) is 4.79 Å². The van der Waals surface area contributed by atoms with Gasteiger partial charge in [0.15, 0.2) is 6.10 Å². The highest BCUT2D eigenvalue weighted by atomic mass is 16.5. The molecule has 0 fully saturated rings.